The Bertz CT molecular complexity index is 828. The summed E-state index contributed by atoms with van der Waals surface area (Å²) in [6.07, 6.45) is 6.47. The van der Waals surface area contributed by atoms with Crippen LogP contribution < -0.4 is 4.90 Å². The van der Waals surface area contributed by atoms with E-state index in [1.165, 1.54) is 0 Å². The third-order valence-corrected chi connectivity index (χ3v) is 6.26. The fourth-order valence-electron chi connectivity index (χ4n) is 4.58. The molecule has 2 aromatic rings. The van der Waals surface area contributed by atoms with E-state index in [9.17, 15) is 4.79 Å². The van der Waals surface area contributed by atoms with Gasteiger partial charge in [-0.2, -0.15) is 0 Å². The van der Waals surface area contributed by atoms with E-state index in [-0.39, 0.29) is 11.6 Å². The Balaban J connectivity index is 1.50. The van der Waals surface area contributed by atoms with Crippen molar-refractivity contribution in [1.82, 2.24) is 14.9 Å². The van der Waals surface area contributed by atoms with Gasteiger partial charge >= 0.3 is 6.09 Å². The molecule has 1 amide bonds. The molecule has 0 aliphatic carbocycles. The van der Waals surface area contributed by atoms with Crippen LogP contribution in [0, 0.1) is 12.8 Å². The maximum atomic E-state index is 12.9. The van der Waals surface area contributed by atoms with Crippen LogP contribution in [0.25, 0.3) is 0 Å². The van der Waals surface area contributed by atoms with Crippen LogP contribution >= 0.6 is 0 Å². The summed E-state index contributed by atoms with van der Waals surface area (Å²) in [5, 5.41) is 0. The Kier molecular flexibility index (Phi) is 5.20. The Morgan fingerprint density at radius 3 is 2.86 bits per heavy atom. The number of aryl methyl sites for hydroxylation is 1. The summed E-state index contributed by atoms with van der Waals surface area (Å²) in [7, 11) is 0. The summed E-state index contributed by atoms with van der Waals surface area (Å²) < 4.78 is 5.66. The molecule has 4 rings (SSSR count). The van der Waals surface area contributed by atoms with Crippen molar-refractivity contribution in [3.05, 3.63) is 54.0 Å². The Morgan fingerprint density at radius 1 is 1.29 bits per heavy atom. The van der Waals surface area contributed by atoms with Crippen molar-refractivity contribution in [3.63, 3.8) is 0 Å². The molecule has 1 aromatic heterocycles. The van der Waals surface area contributed by atoms with E-state index in [1.54, 1.807) is 6.33 Å². The molecule has 1 aromatic carbocycles. The molecule has 0 bridgehead atoms. The quantitative estimate of drug-likeness (QED) is 0.811. The van der Waals surface area contributed by atoms with Crippen molar-refractivity contribution in [3.8, 4) is 0 Å². The molecule has 2 atom stereocenters. The summed E-state index contributed by atoms with van der Waals surface area (Å²) in [6.45, 7) is 7.12. The number of hydrogen-bond acceptors (Lipinski definition) is 5. The van der Waals surface area contributed by atoms with Crippen LogP contribution in [0.1, 0.15) is 37.3 Å². The summed E-state index contributed by atoms with van der Waals surface area (Å²) in [5.41, 5.74) is 1.91. The first-order valence-corrected chi connectivity index (χ1v) is 10.1. The van der Waals surface area contributed by atoms with E-state index < -0.39 is 0 Å². The molecule has 0 saturated carbocycles. The van der Waals surface area contributed by atoms with Gasteiger partial charge in [-0.05, 0) is 37.7 Å². The molecule has 148 valence electrons. The van der Waals surface area contributed by atoms with Crippen LogP contribution in [-0.2, 0) is 11.3 Å². The minimum atomic E-state index is -0.205. The molecule has 0 N–H and O–H groups in total. The predicted molar refractivity (Wildman–Crippen MR) is 108 cm³/mol. The maximum absolute atomic E-state index is 12.9. The molecule has 6 heteroatoms. The predicted octanol–water partition coefficient (Wildman–Crippen LogP) is 3.80. The van der Waals surface area contributed by atoms with Crippen LogP contribution in [0.4, 0.5) is 10.6 Å². The number of ether oxygens (including phenoxy) is 1. The Morgan fingerprint density at radius 2 is 2.11 bits per heavy atom. The summed E-state index contributed by atoms with van der Waals surface area (Å²) in [6, 6.07) is 9.85. The van der Waals surface area contributed by atoms with Crippen LogP contribution in [0.15, 0.2) is 42.9 Å². The first kappa shape index (κ1) is 18.7. The lowest BCUT2D eigenvalue weighted by atomic mass is 9.72. The number of anilines is 1. The molecular formula is C22H28N4O2. The fraction of sp³-hybridized carbons (Fsp3) is 0.500. The molecule has 28 heavy (non-hydrogen) atoms. The standard InChI is InChI=1S/C22H28N4O2/c1-17-12-23-16-24-20(17)25-11-7-6-10-22(15-25)18(2)13-26(22)21(27)28-14-19-8-4-3-5-9-19/h3-5,8-9,12,16,18H,6-7,10-11,13-15H2,1-2H3. The molecule has 2 aliphatic heterocycles. The van der Waals surface area contributed by atoms with Gasteiger partial charge in [-0.25, -0.2) is 14.8 Å². The van der Waals surface area contributed by atoms with Gasteiger partial charge in [0, 0.05) is 31.4 Å². The number of hydrogen-bond donors (Lipinski definition) is 0. The summed E-state index contributed by atoms with van der Waals surface area (Å²) >= 11 is 0. The molecule has 6 nitrogen and oxygen atoms in total. The molecular weight excluding hydrogens is 352 g/mol. The highest BCUT2D eigenvalue weighted by Gasteiger charge is 2.55. The van der Waals surface area contributed by atoms with E-state index in [0.717, 1.165) is 55.8 Å². The Labute approximate surface area is 166 Å². The highest BCUT2D eigenvalue weighted by atomic mass is 16.6. The number of nitrogens with zero attached hydrogens (tertiary/aromatic N) is 4. The van der Waals surface area contributed by atoms with Crippen LogP contribution in [0.3, 0.4) is 0 Å². The Hall–Kier alpha value is -2.63. The molecule has 3 heterocycles. The van der Waals surface area contributed by atoms with Crippen LogP contribution in [0.5, 0.6) is 0 Å². The molecule has 2 saturated heterocycles. The first-order valence-electron chi connectivity index (χ1n) is 10.1. The highest BCUT2D eigenvalue weighted by molar-refractivity contribution is 5.70. The number of benzene rings is 1. The second-order valence-electron chi connectivity index (χ2n) is 8.06. The highest BCUT2D eigenvalue weighted by Crippen LogP contribution is 2.44. The monoisotopic (exact) mass is 380 g/mol. The zero-order valence-corrected chi connectivity index (χ0v) is 16.7. The van der Waals surface area contributed by atoms with Gasteiger partial charge < -0.3 is 14.5 Å². The van der Waals surface area contributed by atoms with Crippen molar-refractivity contribution in [2.24, 2.45) is 5.92 Å². The number of rotatable bonds is 3. The lowest BCUT2D eigenvalue weighted by molar-refractivity contribution is -0.0623. The lowest BCUT2D eigenvalue weighted by Crippen LogP contribution is -2.71. The largest absolute Gasteiger partial charge is 0.445 e. The number of aromatic nitrogens is 2. The van der Waals surface area contributed by atoms with Gasteiger partial charge in [0.15, 0.2) is 0 Å². The van der Waals surface area contributed by atoms with Crippen molar-refractivity contribution in [1.29, 1.82) is 0 Å². The van der Waals surface area contributed by atoms with E-state index in [1.807, 2.05) is 48.4 Å². The molecule has 2 fully saturated rings. The van der Waals surface area contributed by atoms with E-state index in [4.69, 9.17) is 4.74 Å². The van der Waals surface area contributed by atoms with Crippen molar-refractivity contribution >= 4 is 11.9 Å². The van der Waals surface area contributed by atoms with Crippen LogP contribution in [0.2, 0.25) is 0 Å². The molecule has 1 spiro atoms. The minimum Gasteiger partial charge on any atom is -0.445 e. The first-order chi connectivity index (χ1) is 13.6. The van der Waals surface area contributed by atoms with Crippen molar-refractivity contribution in [2.45, 2.75) is 45.3 Å². The van der Waals surface area contributed by atoms with Gasteiger partial charge in [0.2, 0.25) is 0 Å². The average Bonchev–Trinajstić information content (AvgIpc) is 2.96. The van der Waals surface area contributed by atoms with Gasteiger partial charge in [0.05, 0.1) is 5.54 Å². The second-order valence-corrected chi connectivity index (χ2v) is 8.06. The van der Waals surface area contributed by atoms with E-state index in [2.05, 4.69) is 21.8 Å². The minimum absolute atomic E-state index is 0.179. The zero-order chi connectivity index (χ0) is 19.6. The van der Waals surface area contributed by atoms with Gasteiger partial charge in [-0.1, -0.05) is 37.3 Å². The van der Waals surface area contributed by atoms with Crippen LogP contribution in [-0.4, -0.2) is 46.1 Å². The molecule has 0 radical (unpaired) electrons. The summed E-state index contributed by atoms with van der Waals surface area (Å²) in [4.78, 5) is 25.8. The van der Waals surface area contributed by atoms with Gasteiger partial charge in [-0.3, -0.25) is 0 Å². The van der Waals surface area contributed by atoms with Crippen molar-refractivity contribution < 1.29 is 9.53 Å². The smallest absolute Gasteiger partial charge is 0.410 e. The van der Waals surface area contributed by atoms with E-state index in [0.29, 0.717) is 12.5 Å². The topological polar surface area (TPSA) is 58.6 Å². The second kappa shape index (κ2) is 7.78. The van der Waals surface area contributed by atoms with Gasteiger partial charge in [0.1, 0.15) is 18.8 Å². The summed E-state index contributed by atoms with van der Waals surface area (Å²) in [5.74, 6) is 1.42. The number of amides is 1. The van der Waals surface area contributed by atoms with Gasteiger partial charge in [-0.15, -0.1) is 0 Å². The number of likely N-dealkylation sites (tertiary alicyclic amines) is 1. The van der Waals surface area contributed by atoms with Gasteiger partial charge in [0.25, 0.3) is 0 Å². The maximum Gasteiger partial charge on any atom is 0.410 e. The fourth-order valence-corrected chi connectivity index (χ4v) is 4.58. The third-order valence-electron chi connectivity index (χ3n) is 6.26. The molecule has 2 unspecified atom stereocenters. The number of carbonyl (C=O) groups is 1. The lowest BCUT2D eigenvalue weighted by Gasteiger charge is -2.58. The normalized spacial score (nSPS) is 24.6. The SMILES string of the molecule is Cc1cncnc1N1CCCCC2(C1)C(C)CN2C(=O)OCc1ccccc1. The number of carbonyl (C=O) groups excluding carboxylic acids is 1. The average molecular weight is 380 g/mol. The third kappa shape index (κ3) is 3.43. The zero-order valence-electron chi connectivity index (χ0n) is 16.7. The molecule has 2 aliphatic rings. The van der Waals surface area contributed by atoms with E-state index >= 15 is 0 Å². The van der Waals surface area contributed by atoms with Crippen molar-refractivity contribution in [2.75, 3.05) is 24.5 Å².